The Morgan fingerprint density at radius 1 is 1.38 bits per heavy atom. The molecule has 2 rings (SSSR count). The van der Waals surface area contributed by atoms with Crippen molar-refractivity contribution in [2.24, 2.45) is 5.10 Å². The molecule has 4 nitrogen and oxygen atoms in total. The third kappa shape index (κ3) is 4.88. The van der Waals surface area contributed by atoms with Gasteiger partial charge in [-0.15, -0.1) is 11.3 Å². The summed E-state index contributed by atoms with van der Waals surface area (Å²) < 4.78 is 5.37. The maximum Gasteiger partial charge on any atom is 0.277 e. The molecule has 1 aromatic heterocycles. The van der Waals surface area contributed by atoms with Crippen molar-refractivity contribution in [3.8, 4) is 5.75 Å². The van der Waals surface area contributed by atoms with Gasteiger partial charge in [-0.2, -0.15) is 5.10 Å². The largest absolute Gasteiger partial charge is 0.484 e. The summed E-state index contributed by atoms with van der Waals surface area (Å²) >= 11 is 7.53. The van der Waals surface area contributed by atoms with E-state index in [0.29, 0.717) is 10.8 Å². The smallest absolute Gasteiger partial charge is 0.277 e. The van der Waals surface area contributed by atoms with Crippen LogP contribution < -0.4 is 10.2 Å². The van der Waals surface area contributed by atoms with Crippen LogP contribution in [0.15, 0.2) is 35.4 Å². The highest BCUT2D eigenvalue weighted by atomic mass is 35.5. The first-order valence-corrected chi connectivity index (χ1v) is 7.51. The fourth-order valence-electron chi connectivity index (χ4n) is 1.58. The summed E-state index contributed by atoms with van der Waals surface area (Å²) in [5.74, 6) is 0.289. The highest BCUT2D eigenvalue weighted by molar-refractivity contribution is 7.13. The van der Waals surface area contributed by atoms with Gasteiger partial charge in [-0.25, -0.2) is 5.43 Å². The number of hydrazone groups is 1. The van der Waals surface area contributed by atoms with Crippen LogP contribution in [0.5, 0.6) is 5.75 Å². The van der Waals surface area contributed by atoms with Gasteiger partial charge in [0, 0.05) is 14.8 Å². The summed E-state index contributed by atoms with van der Waals surface area (Å²) in [6, 6.07) is 9.19. The maximum atomic E-state index is 11.6. The Hall–Kier alpha value is -1.85. The van der Waals surface area contributed by atoms with Crippen LogP contribution in [0.4, 0.5) is 0 Å². The summed E-state index contributed by atoms with van der Waals surface area (Å²) in [5, 5.41) is 4.55. The van der Waals surface area contributed by atoms with Gasteiger partial charge in [0.05, 0.1) is 6.21 Å². The number of hydrogen-bond acceptors (Lipinski definition) is 4. The third-order valence-corrected chi connectivity index (χ3v) is 4.00. The zero-order chi connectivity index (χ0) is 15.2. The number of aryl methyl sites for hydroxylation is 2. The van der Waals surface area contributed by atoms with Crippen molar-refractivity contribution in [2.75, 3.05) is 6.61 Å². The molecule has 0 bridgehead atoms. The van der Waals surface area contributed by atoms with Crippen LogP contribution in [0.1, 0.15) is 15.3 Å². The Bertz CT molecular complexity index is 667. The van der Waals surface area contributed by atoms with Crippen LogP contribution in [0.25, 0.3) is 0 Å². The molecule has 1 N–H and O–H groups in total. The predicted octanol–water partition coefficient (Wildman–Crippen LogP) is 3.55. The average molecular weight is 323 g/mol. The van der Waals surface area contributed by atoms with Crippen LogP contribution in [-0.2, 0) is 4.79 Å². The van der Waals surface area contributed by atoms with E-state index in [2.05, 4.69) is 10.5 Å². The van der Waals surface area contributed by atoms with Gasteiger partial charge in [0.1, 0.15) is 5.75 Å². The number of benzene rings is 1. The summed E-state index contributed by atoms with van der Waals surface area (Å²) in [6.07, 6.45) is 1.61. The van der Waals surface area contributed by atoms with E-state index in [9.17, 15) is 4.79 Å². The van der Waals surface area contributed by atoms with Crippen LogP contribution >= 0.6 is 22.9 Å². The lowest BCUT2D eigenvalue weighted by Gasteiger charge is -2.06. The van der Waals surface area contributed by atoms with Gasteiger partial charge in [-0.05, 0) is 49.7 Å². The van der Waals surface area contributed by atoms with Gasteiger partial charge < -0.3 is 4.74 Å². The highest BCUT2D eigenvalue weighted by Gasteiger charge is 2.03. The summed E-state index contributed by atoms with van der Waals surface area (Å²) in [5.41, 5.74) is 3.33. The number of amides is 1. The summed E-state index contributed by atoms with van der Waals surface area (Å²) in [7, 11) is 0. The number of thiophene rings is 1. The Labute approximate surface area is 132 Å². The van der Waals surface area contributed by atoms with E-state index in [0.717, 1.165) is 10.4 Å². The molecule has 2 aromatic rings. The molecule has 0 aliphatic rings. The van der Waals surface area contributed by atoms with E-state index in [4.69, 9.17) is 16.3 Å². The Morgan fingerprint density at radius 2 is 2.19 bits per heavy atom. The normalized spacial score (nSPS) is 10.8. The monoisotopic (exact) mass is 322 g/mol. The number of ether oxygens (including phenoxy) is 1. The molecule has 0 aliphatic carbocycles. The molecular weight excluding hydrogens is 308 g/mol. The van der Waals surface area contributed by atoms with Gasteiger partial charge in [-0.3, -0.25) is 4.79 Å². The zero-order valence-electron chi connectivity index (χ0n) is 11.7. The van der Waals surface area contributed by atoms with Crippen LogP contribution in [0.3, 0.4) is 0 Å². The van der Waals surface area contributed by atoms with Crippen molar-refractivity contribution in [3.63, 3.8) is 0 Å². The molecule has 110 valence electrons. The molecular formula is C15H15ClN2O2S. The van der Waals surface area contributed by atoms with Crippen molar-refractivity contribution in [2.45, 2.75) is 13.8 Å². The molecule has 1 heterocycles. The number of halogens is 1. The van der Waals surface area contributed by atoms with Gasteiger partial charge >= 0.3 is 0 Å². The molecule has 1 aromatic carbocycles. The molecule has 0 saturated carbocycles. The Kier molecular flexibility index (Phi) is 5.36. The number of rotatable bonds is 5. The number of carbonyl (C=O) groups excluding carboxylic acids is 1. The first-order chi connectivity index (χ1) is 10.0. The molecule has 21 heavy (non-hydrogen) atoms. The van der Waals surface area contributed by atoms with Crippen molar-refractivity contribution < 1.29 is 9.53 Å². The minimum absolute atomic E-state index is 0.0954. The van der Waals surface area contributed by atoms with Crippen LogP contribution in [0.2, 0.25) is 5.02 Å². The lowest BCUT2D eigenvalue weighted by molar-refractivity contribution is -0.123. The van der Waals surface area contributed by atoms with Crippen molar-refractivity contribution in [3.05, 3.63) is 50.7 Å². The van der Waals surface area contributed by atoms with E-state index in [1.54, 1.807) is 35.8 Å². The molecule has 0 radical (unpaired) electrons. The van der Waals surface area contributed by atoms with E-state index in [1.165, 1.54) is 4.88 Å². The number of hydrogen-bond donors (Lipinski definition) is 1. The predicted molar refractivity (Wildman–Crippen MR) is 86.5 cm³/mol. The minimum atomic E-state index is -0.313. The van der Waals surface area contributed by atoms with E-state index in [1.807, 2.05) is 26.0 Å². The second kappa shape index (κ2) is 7.24. The summed E-state index contributed by atoms with van der Waals surface area (Å²) in [6.45, 7) is 3.80. The highest BCUT2D eigenvalue weighted by Crippen LogP contribution is 2.20. The van der Waals surface area contributed by atoms with Gasteiger partial charge in [0.25, 0.3) is 5.91 Å². The molecule has 0 saturated heterocycles. The second-order valence-corrected chi connectivity index (χ2v) is 6.17. The lowest BCUT2D eigenvalue weighted by atomic mass is 10.2. The first-order valence-electron chi connectivity index (χ1n) is 6.32. The summed E-state index contributed by atoms with van der Waals surface area (Å²) in [4.78, 5) is 13.8. The third-order valence-electron chi connectivity index (χ3n) is 2.64. The van der Waals surface area contributed by atoms with Crippen LogP contribution in [-0.4, -0.2) is 18.7 Å². The molecule has 0 aliphatic heterocycles. The quantitative estimate of drug-likeness (QED) is 0.676. The van der Waals surface area contributed by atoms with Gasteiger partial charge in [0.15, 0.2) is 6.61 Å². The number of nitrogens with one attached hydrogen (secondary N) is 1. The molecule has 6 heteroatoms. The standard InChI is InChI=1S/C15H15ClN2O2S/c1-10-7-12(4-6-14(10)16)20-9-15(19)18-17-8-13-5-3-11(2)21-13/h3-8H,9H2,1-2H3,(H,18,19)/b17-8+. The topological polar surface area (TPSA) is 50.7 Å². The van der Waals surface area contributed by atoms with E-state index < -0.39 is 0 Å². The molecule has 0 spiro atoms. The fraction of sp³-hybridized carbons (Fsp3) is 0.200. The first kappa shape index (κ1) is 15.5. The molecule has 0 fully saturated rings. The fourth-order valence-corrected chi connectivity index (χ4v) is 2.45. The number of carbonyl (C=O) groups is 1. The van der Waals surface area contributed by atoms with Crippen molar-refractivity contribution >= 4 is 35.1 Å². The van der Waals surface area contributed by atoms with Gasteiger partial charge in [0.2, 0.25) is 0 Å². The molecule has 0 unspecified atom stereocenters. The average Bonchev–Trinajstić information content (AvgIpc) is 2.86. The van der Waals surface area contributed by atoms with Gasteiger partial charge in [-0.1, -0.05) is 11.6 Å². The number of nitrogens with zero attached hydrogens (tertiary/aromatic N) is 1. The zero-order valence-corrected chi connectivity index (χ0v) is 13.3. The minimum Gasteiger partial charge on any atom is -0.484 e. The van der Waals surface area contributed by atoms with Crippen molar-refractivity contribution in [1.82, 2.24) is 5.43 Å². The van der Waals surface area contributed by atoms with Crippen LogP contribution in [0, 0.1) is 13.8 Å². The Morgan fingerprint density at radius 3 is 2.86 bits per heavy atom. The maximum absolute atomic E-state index is 11.6. The molecule has 1 amide bonds. The lowest BCUT2D eigenvalue weighted by Crippen LogP contribution is -2.24. The SMILES string of the molecule is Cc1ccc(/C=N/NC(=O)COc2ccc(Cl)c(C)c2)s1. The van der Waals surface area contributed by atoms with E-state index in [-0.39, 0.29) is 12.5 Å². The Balaban J connectivity index is 1.79. The van der Waals surface area contributed by atoms with Crippen molar-refractivity contribution in [1.29, 1.82) is 0 Å². The van der Waals surface area contributed by atoms with E-state index >= 15 is 0 Å². The second-order valence-electron chi connectivity index (χ2n) is 4.44. The molecule has 0 atom stereocenters.